The fourth-order valence-corrected chi connectivity index (χ4v) is 6.74. The van der Waals surface area contributed by atoms with Gasteiger partial charge in [0.25, 0.3) is 0 Å². The van der Waals surface area contributed by atoms with Crippen molar-refractivity contribution in [3.8, 4) is 22.3 Å². The average molecular weight is 588 g/mol. The van der Waals surface area contributed by atoms with Crippen molar-refractivity contribution in [2.45, 2.75) is 0 Å². The van der Waals surface area contributed by atoms with E-state index < -0.39 is 0 Å². The van der Waals surface area contributed by atoms with Gasteiger partial charge in [-0.3, -0.25) is 0 Å². The van der Waals surface area contributed by atoms with Gasteiger partial charge in [0.05, 0.1) is 0 Å². The maximum absolute atomic E-state index is 6.20. The highest BCUT2D eigenvalue weighted by Gasteiger charge is 2.16. The molecule has 216 valence electrons. The van der Waals surface area contributed by atoms with Crippen LogP contribution >= 0.6 is 0 Å². The molecule has 0 aliphatic heterocycles. The SMILES string of the molecule is c1ccc(-c2ccc(N(c3ccc4ccc(-c5ccccc5)cc4c3)c3ccc4c(ccc5oc6ccccc6c54)c3)cc2)cc1. The van der Waals surface area contributed by atoms with E-state index in [4.69, 9.17) is 4.42 Å². The van der Waals surface area contributed by atoms with Crippen LogP contribution in [0.25, 0.3) is 65.7 Å². The van der Waals surface area contributed by atoms with Gasteiger partial charge in [0.15, 0.2) is 0 Å². The molecule has 46 heavy (non-hydrogen) atoms. The Balaban J connectivity index is 1.21. The number of para-hydroxylation sites is 1. The van der Waals surface area contributed by atoms with Gasteiger partial charge in [-0.2, -0.15) is 0 Å². The molecule has 0 radical (unpaired) electrons. The van der Waals surface area contributed by atoms with Crippen molar-refractivity contribution < 1.29 is 4.42 Å². The minimum Gasteiger partial charge on any atom is -0.456 e. The lowest BCUT2D eigenvalue weighted by Crippen LogP contribution is -2.10. The Hall–Kier alpha value is -6.12. The highest BCUT2D eigenvalue weighted by molar-refractivity contribution is 6.19. The van der Waals surface area contributed by atoms with Gasteiger partial charge >= 0.3 is 0 Å². The van der Waals surface area contributed by atoms with Crippen LogP contribution < -0.4 is 4.90 Å². The Kier molecular flexibility index (Phi) is 6.17. The number of rotatable bonds is 5. The zero-order valence-corrected chi connectivity index (χ0v) is 25.1. The van der Waals surface area contributed by atoms with E-state index in [1.807, 2.05) is 12.1 Å². The molecule has 9 aromatic rings. The summed E-state index contributed by atoms with van der Waals surface area (Å²) in [5, 5.41) is 7.10. The molecule has 2 nitrogen and oxygen atoms in total. The smallest absolute Gasteiger partial charge is 0.136 e. The summed E-state index contributed by atoms with van der Waals surface area (Å²) in [6.45, 7) is 0. The number of fused-ring (bicyclic) bond motifs is 6. The standard InChI is InChI=1S/C44H29NO/c1-3-9-30(10-4-1)32-17-21-37(22-18-32)45(38-23-19-33-15-16-34(27-36(33)29-38)31-11-5-2-6-12-31)39-24-25-40-35(28-39)20-26-43-44(40)41-13-7-8-14-42(41)46-43/h1-29H. The van der Waals surface area contributed by atoms with Crippen molar-refractivity contribution in [2.75, 3.05) is 4.90 Å². The van der Waals surface area contributed by atoms with Crippen molar-refractivity contribution in [3.05, 3.63) is 176 Å². The van der Waals surface area contributed by atoms with Crippen LogP contribution in [0.1, 0.15) is 0 Å². The third-order valence-corrected chi connectivity index (χ3v) is 9.02. The lowest BCUT2D eigenvalue weighted by molar-refractivity contribution is 0.669. The van der Waals surface area contributed by atoms with Gasteiger partial charge in [-0.25, -0.2) is 0 Å². The first-order chi connectivity index (χ1) is 22.8. The van der Waals surface area contributed by atoms with Gasteiger partial charge < -0.3 is 9.32 Å². The Bertz CT molecular complexity index is 2510. The summed E-state index contributed by atoms with van der Waals surface area (Å²) in [4.78, 5) is 2.36. The first-order valence-corrected chi connectivity index (χ1v) is 15.7. The summed E-state index contributed by atoms with van der Waals surface area (Å²) in [6.07, 6.45) is 0. The molecule has 0 amide bonds. The number of furan rings is 1. The van der Waals surface area contributed by atoms with E-state index in [1.54, 1.807) is 0 Å². The van der Waals surface area contributed by atoms with Crippen LogP contribution in [0.4, 0.5) is 17.1 Å². The molecule has 0 aliphatic carbocycles. The van der Waals surface area contributed by atoms with Gasteiger partial charge in [-0.05, 0) is 98.4 Å². The topological polar surface area (TPSA) is 16.4 Å². The van der Waals surface area contributed by atoms with Crippen LogP contribution in [0.5, 0.6) is 0 Å². The summed E-state index contributed by atoms with van der Waals surface area (Å²) in [5.41, 5.74) is 9.99. The second-order valence-corrected chi connectivity index (χ2v) is 11.8. The summed E-state index contributed by atoms with van der Waals surface area (Å²) in [6, 6.07) is 62.9. The molecule has 0 atom stereocenters. The predicted molar refractivity (Wildman–Crippen MR) is 194 cm³/mol. The molecule has 0 unspecified atom stereocenters. The quantitative estimate of drug-likeness (QED) is 0.199. The van der Waals surface area contributed by atoms with Crippen LogP contribution in [0.15, 0.2) is 180 Å². The van der Waals surface area contributed by atoms with Crippen LogP contribution in [0.3, 0.4) is 0 Å². The van der Waals surface area contributed by atoms with E-state index in [0.717, 1.165) is 39.0 Å². The molecule has 8 aromatic carbocycles. The number of nitrogens with zero attached hydrogens (tertiary/aromatic N) is 1. The monoisotopic (exact) mass is 587 g/mol. The zero-order chi connectivity index (χ0) is 30.5. The van der Waals surface area contributed by atoms with Gasteiger partial charge in [0.2, 0.25) is 0 Å². The zero-order valence-electron chi connectivity index (χ0n) is 25.1. The summed E-state index contributed by atoms with van der Waals surface area (Å²) >= 11 is 0. The molecule has 0 spiro atoms. The lowest BCUT2D eigenvalue weighted by atomic mass is 10.00. The normalized spacial score (nSPS) is 11.5. The molecule has 9 rings (SSSR count). The molecule has 1 heterocycles. The highest BCUT2D eigenvalue weighted by Crippen LogP contribution is 2.41. The van der Waals surface area contributed by atoms with Gasteiger partial charge in [-0.15, -0.1) is 0 Å². The van der Waals surface area contributed by atoms with Crippen molar-refractivity contribution in [1.82, 2.24) is 0 Å². The Labute approximate surface area is 267 Å². The Morgan fingerprint density at radius 2 is 0.891 bits per heavy atom. The number of hydrogen-bond acceptors (Lipinski definition) is 2. The van der Waals surface area contributed by atoms with E-state index in [-0.39, 0.29) is 0 Å². The lowest BCUT2D eigenvalue weighted by Gasteiger charge is -2.26. The largest absolute Gasteiger partial charge is 0.456 e. The van der Waals surface area contributed by atoms with E-state index >= 15 is 0 Å². The number of hydrogen-bond donors (Lipinski definition) is 0. The average Bonchev–Trinajstić information content (AvgIpc) is 3.52. The molecular weight excluding hydrogens is 558 g/mol. The Morgan fingerprint density at radius 3 is 1.67 bits per heavy atom. The third-order valence-electron chi connectivity index (χ3n) is 9.02. The Morgan fingerprint density at radius 1 is 0.326 bits per heavy atom. The molecule has 0 fully saturated rings. The molecule has 1 aromatic heterocycles. The summed E-state index contributed by atoms with van der Waals surface area (Å²) < 4.78 is 6.20. The first kappa shape index (κ1) is 26.3. The molecule has 2 heteroatoms. The molecule has 0 aliphatic rings. The molecule has 0 saturated carbocycles. The van der Waals surface area contributed by atoms with Crippen LogP contribution in [-0.4, -0.2) is 0 Å². The summed E-state index contributed by atoms with van der Waals surface area (Å²) in [5.74, 6) is 0. The van der Waals surface area contributed by atoms with E-state index in [9.17, 15) is 0 Å². The van der Waals surface area contributed by atoms with Crippen LogP contribution in [0.2, 0.25) is 0 Å². The first-order valence-electron chi connectivity index (χ1n) is 15.7. The van der Waals surface area contributed by atoms with Crippen molar-refractivity contribution in [3.63, 3.8) is 0 Å². The third kappa shape index (κ3) is 4.51. The molecule has 0 bridgehead atoms. The molecular formula is C44H29NO. The molecule has 0 saturated heterocycles. The van der Waals surface area contributed by atoms with Gasteiger partial charge in [0, 0.05) is 27.8 Å². The number of anilines is 3. The van der Waals surface area contributed by atoms with Crippen molar-refractivity contribution >= 4 is 60.5 Å². The second kappa shape index (κ2) is 10.8. The summed E-state index contributed by atoms with van der Waals surface area (Å²) in [7, 11) is 0. The fourth-order valence-electron chi connectivity index (χ4n) is 6.74. The maximum Gasteiger partial charge on any atom is 0.136 e. The highest BCUT2D eigenvalue weighted by atomic mass is 16.3. The van der Waals surface area contributed by atoms with E-state index in [1.165, 1.54) is 43.8 Å². The van der Waals surface area contributed by atoms with Gasteiger partial charge in [-0.1, -0.05) is 121 Å². The van der Waals surface area contributed by atoms with E-state index in [2.05, 4.69) is 169 Å². The predicted octanol–water partition coefficient (Wildman–Crippen LogP) is 12.7. The van der Waals surface area contributed by atoms with Crippen LogP contribution in [-0.2, 0) is 0 Å². The van der Waals surface area contributed by atoms with E-state index in [0.29, 0.717) is 0 Å². The van der Waals surface area contributed by atoms with Crippen LogP contribution in [0, 0.1) is 0 Å². The minimum absolute atomic E-state index is 0.915. The second-order valence-electron chi connectivity index (χ2n) is 11.8. The number of benzene rings is 8. The minimum atomic E-state index is 0.915. The van der Waals surface area contributed by atoms with Crippen molar-refractivity contribution in [1.29, 1.82) is 0 Å². The maximum atomic E-state index is 6.20. The molecule has 0 N–H and O–H groups in total. The fraction of sp³-hybridized carbons (Fsp3) is 0. The van der Waals surface area contributed by atoms with Gasteiger partial charge in [0.1, 0.15) is 11.2 Å². The van der Waals surface area contributed by atoms with Crippen molar-refractivity contribution in [2.24, 2.45) is 0 Å².